The highest BCUT2D eigenvalue weighted by Crippen LogP contribution is 2.21. The van der Waals surface area contributed by atoms with Gasteiger partial charge in [-0.05, 0) is 40.5 Å². The normalized spacial score (nSPS) is 18.9. The van der Waals surface area contributed by atoms with Crippen LogP contribution < -0.4 is 5.32 Å². The predicted octanol–water partition coefficient (Wildman–Crippen LogP) is 2.31. The maximum Gasteiger partial charge on any atom is 0.0825 e. The van der Waals surface area contributed by atoms with Crippen LogP contribution >= 0.6 is 0 Å². The predicted molar refractivity (Wildman–Crippen MR) is 71.4 cm³/mol. The average Bonchev–Trinajstić information content (AvgIpc) is 2.61. The largest absolute Gasteiger partial charge is 0.379 e. The molecule has 1 aromatic rings. The van der Waals surface area contributed by atoms with E-state index in [9.17, 15) is 0 Å². The molecule has 0 bridgehead atoms. The number of hydrogen-bond acceptors (Lipinski definition) is 3. The van der Waals surface area contributed by atoms with Gasteiger partial charge in [-0.1, -0.05) is 0 Å². The number of H-pyrrole nitrogens is 1. The number of piperidine rings is 1. The first-order chi connectivity index (χ1) is 8.08. The monoisotopic (exact) mass is 236 g/mol. The van der Waals surface area contributed by atoms with E-state index in [1.165, 1.54) is 31.6 Å². The molecule has 0 spiro atoms. The molecule has 0 unspecified atom stereocenters. The first kappa shape index (κ1) is 12.4. The zero-order chi connectivity index (χ0) is 12.4. The SMILES string of the molecule is Cc1n[nH]c(C)c1NC1CCN(C(C)C)CC1. The number of aryl methyl sites for hydroxylation is 2. The van der Waals surface area contributed by atoms with Crippen LogP contribution in [0, 0.1) is 13.8 Å². The maximum absolute atomic E-state index is 4.23. The van der Waals surface area contributed by atoms with Crippen molar-refractivity contribution in [2.45, 2.75) is 52.6 Å². The van der Waals surface area contributed by atoms with Gasteiger partial charge < -0.3 is 10.2 Å². The summed E-state index contributed by atoms with van der Waals surface area (Å²) >= 11 is 0. The molecule has 0 aromatic carbocycles. The standard InChI is InChI=1S/C13H24N4/c1-9(2)17-7-5-12(6-8-17)14-13-10(3)15-16-11(13)4/h9,12,14H,5-8H2,1-4H3,(H,15,16). The van der Waals surface area contributed by atoms with Crippen LogP contribution in [0.3, 0.4) is 0 Å². The lowest BCUT2D eigenvalue weighted by molar-refractivity contribution is 0.177. The Labute approximate surface area is 104 Å². The molecular formula is C13H24N4. The summed E-state index contributed by atoms with van der Waals surface area (Å²) in [7, 11) is 0. The lowest BCUT2D eigenvalue weighted by Crippen LogP contribution is -2.42. The summed E-state index contributed by atoms with van der Waals surface area (Å²) in [5, 5.41) is 10.9. The van der Waals surface area contributed by atoms with Gasteiger partial charge in [0, 0.05) is 25.2 Å². The quantitative estimate of drug-likeness (QED) is 0.846. The van der Waals surface area contributed by atoms with Gasteiger partial charge in [0.1, 0.15) is 0 Å². The van der Waals surface area contributed by atoms with E-state index in [0.717, 1.165) is 11.4 Å². The lowest BCUT2D eigenvalue weighted by atomic mass is 10.0. The van der Waals surface area contributed by atoms with Gasteiger partial charge in [0.2, 0.25) is 0 Å². The molecule has 2 N–H and O–H groups in total. The van der Waals surface area contributed by atoms with Gasteiger partial charge in [0.25, 0.3) is 0 Å². The molecule has 1 aliphatic rings. The van der Waals surface area contributed by atoms with Crippen molar-refractivity contribution in [3.8, 4) is 0 Å². The van der Waals surface area contributed by atoms with Crippen molar-refractivity contribution in [1.29, 1.82) is 0 Å². The van der Waals surface area contributed by atoms with Crippen molar-refractivity contribution in [2.24, 2.45) is 0 Å². The molecule has 4 nitrogen and oxygen atoms in total. The summed E-state index contributed by atoms with van der Waals surface area (Å²) in [5.74, 6) is 0. The molecule has 1 fully saturated rings. The number of nitrogens with one attached hydrogen (secondary N) is 2. The van der Waals surface area contributed by atoms with Crippen molar-refractivity contribution >= 4 is 5.69 Å². The molecule has 0 aliphatic carbocycles. The molecule has 2 rings (SSSR count). The highest BCUT2D eigenvalue weighted by Gasteiger charge is 2.21. The van der Waals surface area contributed by atoms with Crippen LogP contribution in [0.1, 0.15) is 38.1 Å². The fourth-order valence-corrected chi connectivity index (χ4v) is 2.53. The Kier molecular flexibility index (Phi) is 3.72. The summed E-state index contributed by atoms with van der Waals surface area (Å²) in [6, 6.07) is 1.27. The number of aromatic amines is 1. The third-order valence-electron chi connectivity index (χ3n) is 3.74. The minimum absolute atomic E-state index is 0.597. The van der Waals surface area contributed by atoms with Gasteiger partial charge in [0.15, 0.2) is 0 Å². The Hall–Kier alpha value is -1.03. The van der Waals surface area contributed by atoms with E-state index >= 15 is 0 Å². The summed E-state index contributed by atoms with van der Waals surface area (Å²) in [4.78, 5) is 2.55. The van der Waals surface area contributed by atoms with Crippen molar-refractivity contribution in [3.05, 3.63) is 11.4 Å². The Morgan fingerprint density at radius 3 is 2.41 bits per heavy atom. The van der Waals surface area contributed by atoms with E-state index in [4.69, 9.17) is 0 Å². The molecule has 0 saturated carbocycles. The Morgan fingerprint density at radius 2 is 1.94 bits per heavy atom. The number of anilines is 1. The van der Waals surface area contributed by atoms with Crippen LogP contribution in [0.25, 0.3) is 0 Å². The molecule has 0 radical (unpaired) electrons. The second-order valence-corrected chi connectivity index (χ2v) is 5.36. The van der Waals surface area contributed by atoms with E-state index in [2.05, 4.69) is 48.1 Å². The molecule has 1 saturated heterocycles. The fraction of sp³-hybridized carbons (Fsp3) is 0.769. The van der Waals surface area contributed by atoms with Crippen LogP contribution in [0.5, 0.6) is 0 Å². The van der Waals surface area contributed by atoms with E-state index in [1.807, 2.05) is 0 Å². The smallest absolute Gasteiger partial charge is 0.0825 e. The fourth-order valence-electron chi connectivity index (χ4n) is 2.53. The Balaban J connectivity index is 1.90. The van der Waals surface area contributed by atoms with Crippen molar-refractivity contribution in [3.63, 3.8) is 0 Å². The average molecular weight is 236 g/mol. The van der Waals surface area contributed by atoms with Gasteiger partial charge in [-0.3, -0.25) is 5.10 Å². The minimum Gasteiger partial charge on any atom is -0.379 e. The summed E-state index contributed by atoms with van der Waals surface area (Å²) in [5.41, 5.74) is 3.43. The van der Waals surface area contributed by atoms with Gasteiger partial charge in [-0.25, -0.2) is 0 Å². The molecule has 2 heterocycles. The van der Waals surface area contributed by atoms with Gasteiger partial charge in [0.05, 0.1) is 17.1 Å². The van der Waals surface area contributed by atoms with Crippen LogP contribution in [0.2, 0.25) is 0 Å². The van der Waals surface area contributed by atoms with Gasteiger partial charge in [-0.15, -0.1) is 0 Å². The molecule has 0 amide bonds. The number of aromatic nitrogens is 2. The van der Waals surface area contributed by atoms with E-state index in [-0.39, 0.29) is 0 Å². The zero-order valence-electron chi connectivity index (χ0n) is 11.4. The topological polar surface area (TPSA) is 44.0 Å². The summed E-state index contributed by atoms with van der Waals surface area (Å²) in [6.45, 7) is 11.1. The van der Waals surface area contributed by atoms with Crippen molar-refractivity contribution in [2.75, 3.05) is 18.4 Å². The molecule has 17 heavy (non-hydrogen) atoms. The van der Waals surface area contributed by atoms with E-state index in [0.29, 0.717) is 12.1 Å². The highest BCUT2D eigenvalue weighted by atomic mass is 15.2. The molecule has 96 valence electrons. The van der Waals surface area contributed by atoms with Crippen LogP contribution in [0.15, 0.2) is 0 Å². The molecule has 1 aromatic heterocycles. The van der Waals surface area contributed by atoms with Crippen LogP contribution in [0.4, 0.5) is 5.69 Å². The van der Waals surface area contributed by atoms with E-state index in [1.54, 1.807) is 0 Å². The Bertz CT molecular complexity index is 342. The van der Waals surface area contributed by atoms with Crippen molar-refractivity contribution in [1.82, 2.24) is 15.1 Å². The first-order valence-corrected chi connectivity index (χ1v) is 6.60. The summed E-state index contributed by atoms with van der Waals surface area (Å²) < 4.78 is 0. The number of likely N-dealkylation sites (tertiary alicyclic amines) is 1. The van der Waals surface area contributed by atoms with Crippen LogP contribution in [-0.2, 0) is 0 Å². The first-order valence-electron chi connectivity index (χ1n) is 6.60. The van der Waals surface area contributed by atoms with Gasteiger partial charge in [-0.2, -0.15) is 5.10 Å². The number of rotatable bonds is 3. The third kappa shape index (κ3) is 2.80. The molecule has 4 heteroatoms. The second kappa shape index (κ2) is 5.08. The molecular weight excluding hydrogens is 212 g/mol. The Morgan fingerprint density at radius 1 is 1.29 bits per heavy atom. The van der Waals surface area contributed by atoms with Gasteiger partial charge >= 0.3 is 0 Å². The summed E-state index contributed by atoms with van der Waals surface area (Å²) in [6.07, 6.45) is 2.45. The highest BCUT2D eigenvalue weighted by molar-refractivity contribution is 5.52. The number of hydrogen-bond donors (Lipinski definition) is 2. The lowest BCUT2D eigenvalue weighted by Gasteiger charge is -2.35. The zero-order valence-corrected chi connectivity index (χ0v) is 11.4. The molecule has 0 atom stereocenters. The minimum atomic E-state index is 0.597. The van der Waals surface area contributed by atoms with Crippen LogP contribution in [-0.4, -0.2) is 40.3 Å². The van der Waals surface area contributed by atoms with E-state index < -0.39 is 0 Å². The number of nitrogens with zero attached hydrogens (tertiary/aromatic N) is 2. The second-order valence-electron chi connectivity index (χ2n) is 5.36. The maximum atomic E-state index is 4.23. The molecule has 1 aliphatic heterocycles. The van der Waals surface area contributed by atoms with Crippen molar-refractivity contribution < 1.29 is 0 Å². The third-order valence-corrected chi connectivity index (χ3v) is 3.74.